The van der Waals surface area contributed by atoms with E-state index in [2.05, 4.69) is 35.6 Å². The first-order valence-electron chi connectivity index (χ1n) is 11.4. The summed E-state index contributed by atoms with van der Waals surface area (Å²) in [5.74, 6) is 2.76. The van der Waals surface area contributed by atoms with Crippen molar-refractivity contribution in [2.45, 2.75) is 28.6 Å². The van der Waals surface area contributed by atoms with Crippen LogP contribution in [0.25, 0.3) is 0 Å². The summed E-state index contributed by atoms with van der Waals surface area (Å²) >= 11 is 12.6. The number of carbonyl (C=O) groups is 1. The third-order valence-electron chi connectivity index (χ3n) is 5.73. The molecule has 1 fully saturated rings. The Morgan fingerprint density at radius 2 is 1.89 bits per heavy atom. The van der Waals surface area contributed by atoms with Crippen molar-refractivity contribution in [2.24, 2.45) is 0 Å². The normalized spacial score (nSPS) is 13.9. The molecule has 190 valence electrons. The van der Waals surface area contributed by atoms with Gasteiger partial charge in [0.15, 0.2) is 0 Å². The van der Waals surface area contributed by atoms with Crippen LogP contribution < -0.4 is 10.1 Å². The highest BCUT2D eigenvalue weighted by atomic mass is 79.9. The molecule has 5 rings (SSSR count). The molecule has 4 aromatic rings. The van der Waals surface area contributed by atoms with Gasteiger partial charge in [-0.15, -0.1) is 0 Å². The number of piperidine rings is 1. The van der Waals surface area contributed by atoms with Crippen LogP contribution >= 0.6 is 50.8 Å². The molecule has 1 amide bonds. The molecule has 2 aromatic heterocycles. The van der Waals surface area contributed by atoms with Gasteiger partial charge in [0.2, 0.25) is 5.13 Å². The van der Waals surface area contributed by atoms with Crippen LogP contribution in [0.2, 0.25) is 5.02 Å². The summed E-state index contributed by atoms with van der Waals surface area (Å²) in [5.41, 5.74) is 0. The van der Waals surface area contributed by atoms with Gasteiger partial charge in [-0.3, -0.25) is 0 Å². The van der Waals surface area contributed by atoms with Gasteiger partial charge in [-0.1, -0.05) is 51.4 Å². The summed E-state index contributed by atoms with van der Waals surface area (Å²) in [4.78, 5) is 23.6. The van der Waals surface area contributed by atoms with E-state index in [0.717, 1.165) is 20.1 Å². The standard InChI is InChI=1S/C25H21BrClN5O3S2/c26-16-5-7-17(8-6-16)35-18-13-21(36-20-4-2-1-3-19(20)27)23(28-14-18)30-24-29-22(31-37-24)15-9-11-32(12-10-15)25(33)34/h1-8,13-15H,9-12H2,(H,33,34)(H,28,29,30,31). The van der Waals surface area contributed by atoms with Crippen LogP contribution in [0.15, 0.2) is 75.1 Å². The molecule has 12 heteroatoms. The molecule has 37 heavy (non-hydrogen) atoms. The Balaban J connectivity index is 1.36. The number of rotatable bonds is 7. The van der Waals surface area contributed by atoms with Gasteiger partial charge in [0.05, 0.1) is 16.1 Å². The molecule has 0 radical (unpaired) electrons. The minimum Gasteiger partial charge on any atom is -0.465 e. The Bertz CT molecular complexity index is 1400. The number of halogens is 2. The van der Waals surface area contributed by atoms with Crippen LogP contribution in [0, 0.1) is 0 Å². The van der Waals surface area contributed by atoms with Crippen molar-refractivity contribution in [3.05, 3.63) is 76.1 Å². The fourth-order valence-corrected chi connectivity index (χ4v) is 5.91. The highest BCUT2D eigenvalue weighted by molar-refractivity contribution is 9.10. The second-order valence-electron chi connectivity index (χ2n) is 8.23. The maximum absolute atomic E-state index is 11.2. The van der Waals surface area contributed by atoms with E-state index >= 15 is 0 Å². The average Bonchev–Trinajstić information content (AvgIpc) is 3.37. The lowest BCUT2D eigenvalue weighted by molar-refractivity contribution is 0.131. The van der Waals surface area contributed by atoms with E-state index in [0.29, 0.717) is 53.4 Å². The SMILES string of the molecule is O=C(O)N1CCC(c2nsc(Nc3ncc(Oc4ccc(Br)cc4)cc3Sc3ccccc3Cl)n2)CC1. The zero-order chi connectivity index (χ0) is 25.8. The molecule has 0 atom stereocenters. The van der Waals surface area contributed by atoms with Crippen LogP contribution in [-0.4, -0.2) is 43.5 Å². The molecule has 2 aromatic carbocycles. The van der Waals surface area contributed by atoms with Crippen LogP contribution in [0.1, 0.15) is 24.6 Å². The van der Waals surface area contributed by atoms with Gasteiger partial charge in [-0.2, -0.15) is 4.37 Å². The lowest BCUT2D eigenvalue weighted by Gasteiger charge is -2.28. The van der Waals surface area contributed by atoms with E-state index in [4.69, 9.17) is 16.3 Å². The Morgan fingerprint density at radius 3 is 2.62 bits per heavy atom. The molecule has 0 aliphatic carbocycles. The Morgan fingerprint density at radius 1 is 1.14 bits per heavy atom. The number of ether oxygens (including phenoxy) is 1. The van der Waals surface area contributed by atoms with Crippen molar-refractivity contribution in [1.82, 2.24) is 19.2 Å². The summed E-state index contributed by atoms with van der Waals surface area (Å²) in [6.45, 7) is 0.976. The number of benzene rings is 2. The fourth-order valence-electron chi connectivity index (χ4n) is 3.82. The molecule has 3 heterocycles. The quantitative estimate of drug-likeness (QED) is 0.216. The van der Waals surface area contributed by atoms with Crippen LogP contribution in [-0.2, 0) is 0 Å². The minimum absolute atomic E-state index is 0.133. The topological polar surface area (TPSA) is 100 Å². The van der Waals surface area contributed by atoms with Crippen LogP contribution in [0.3, 0.4) is 0 Å². The molecule has 1 saturated heterocycles. The van der Waals surface area contributed by atoms with Gasteiger partial charge in [0.1, 0.15) is 23.1 Å². The Hall–Kier alpha value is -2.86. The number of amides is 1. The first-order valence-corrected chi connectivity index (χ1v) is 14.1. The highest BCUT2D eigenvalue weighted by Gasteiger charge is 2.26. The number of nitrogens with one attached hydrogen (secondary N) is 1. The fraction of sp³-hybridized carbons (Fsp3) is 0.200. The van der Waals surface area contributed by atoms with Crippen molar-refractivity contribution in [2.75, 3.05) is 18.4 Å². The molecule has 0 unspecified atom stereocenters. The second kappa shape index (κ2) is 11.7. The van der Waals surface area contributed by atoms with Gasteiger partial charge in [-0.25, -0.2) is 14.8 Å². The van der Waals surface area contributed by atoms with E-state index in [1.165, 1.54) is 28.2 Å². The maximum atomic E-state index is 11.2. The summed E-state index contributed by atoms with van der Waals surface area (Å²) < 4.78 is 11.5. The molecule has 1 aliphatic heterocycles. The number of hydrogen-bond acceptors (Lipinski definition) is 8. The summed E-state index contributed by atoms with van der Waals surface area (Å²) in [7, 11) is 0. The van der Waals surface area contributed by atoms with E-state index < -0.39 is 6.09 Å². The van der Waals surface area contributed by atoms with E-state index in [9.17, 15) is 9.90 Å². The van der Waals surface area contributed by atoms with Crippen LogP contribution in [0.5, 0.6) is 11.5 Å². The highest BCUT2D eigenvalue weighted by Crippen LogP contribution is 2.40. The lowest BCUT2D eigenvalue weighted by Crippen LogP contribution is -2.37. The van der Waals surface area contributed by atoms with Crippen molar-refractivity contribution < 1.29 is 14.6 Å². The Kier molecular flexibility index (Phi) is 8.14. The van der Waals surface area contributed by atoms with Gasteiger partial charge >= 0.3 is 6.09 Å². The number of carboxylic acid groups (broad SMARTS) is 1. The smallest absolute Gasteiger partial charge is 0.407 e. The number of likely N-dealkylation sites (tertiary alicyclic amines) is 1. The first-order chi connectivity index (χ1) is 17.9. The van der Waals surface area contributed by atoms with Crippen molar-refractivity contribution >= 4 is 67.9 Å². The van der Waals surface area contributed by atoms with Crippen molar-refractivity contribution in [1.29, 1.82) is 0 Å². The molecular formula is C25H21BrClN5O3S2. The molecule has 0 bridgehead atoms. The molecule has 0 spiro atoms. The predicted molar refractivity (Wildman–Crippen MR) is 149 cm³/mol. The minimum atomic E-state index is -0.880. The van der Waals surface area contributed by atoms with Crippen LogP contribution in [0.4, 0.5) is 15.7 Å². The zero-order valence-electron chi connectivity index (χ0n) is 19.3. The van der Waals surface area contributed by atoms with E-state index in [1.807, 2.05) is 54.6 Å². The largest absolute Gasteiger partial charge is 0.465 e. The molecule has 8 nitrogen and oxygen atoms in total. The second-order valence-corrected chi connectivity index (χ2v) is 11.4. The maximum Gasteiger partial charge on any atom is 0.407 e. The third-order valence-corrected chi connectivity index (χ3v) is 8.45. The van der Waals surface area contributed by atoms with E-state index in [1.54, 1.807) is 6.20 Å². The number of nitrogens with zero attached hydrogens (tertiary/aromatic N) is 4. The average molecular weight is 619 g/mol. The molecule has 2 N–H and O–H groups in total. The Labute approximate surface area is 235 Å². The van der Waals surface area contributed by atoms with Crippen molar-refractivity contribution in [3.63, 3.8) is 0 Å². The predicted octanol–water partition coefficient (Wildman–Crippen LogP) is 7.89. The molecular weight excluding hydrogens is 598 g/mol. The number of hydrogen-bond donors (Lipinski definition) is 2. The molecule has 0 saturated carbocycles. The number of anilines is 2. The molecule has 1 aliphatic rings. The summed E-state index contributed by atoms with van der Waals surface area (Å²) in [6.07, 6.45) is 2.19. The number of aromatic nitrogens is 3. The lowest BCUT2D eigenvalue weighted by atomic mass is 9.96. The zero-order valence-corrected chi connectivity index (χ0v) is 23.3. The third kappa shape index (κ3) is 6.53. The van der Waals surface area contributed by atoms with Gasteiger partial charge in [-0.05, 0) is 49.2 Å². The van der Waals surface area contributed by atoms with Crippen molar-refractivity contribution in [3.8, 4) is 11.5 Å². The monoisotopic (exact) mass is 617 g/mol. The summed E-state index contributed by atoms with van der Waals surface area (Å²) in [5, 5.41) is 13.7. The van der Waals surface area contributed by atoms with E-state index in [-0.39, 0.29) is 5.92 Å². The van der Waals surface area contributed by atoms with Gasteiger partial charge in [0.25, 0.3) is 0 Å². The van der Waals surface area contributed by atoms with Gasteiger partial charge in [0, 0.05) is 46.0 Å². The first kappa shape index (κ1) is 25.8. The number of pyridine rings is 1. The summed E-state index contributed by atoms with van der Waals surface area (Å²) in [6, 6.07) is 17.1. The van der Waals surface area contributed by atoms with Gasteiger partial charge < -0.3 is 20.1 Å².